The molecule has 1 aromatic carbocycles. The number of carbonyl (C=O) groups is 1. The highest BCUT2D eigenvalue weighted by Crippen LogP contribution is 2.22. The van der Waals surface area contributed by atoms with E-state index in [4.69, 9.17) is 0 Å². The van der Waals surface area contributed by atoms with Gasteiger partial charge in [-0.25, -0.2) is 17.5 Å². The number of aliphatic hydroxyl groups is 1. The fraction of sp³-hybridized carbons (Fsp3) is 0.462. The summed E-state index contributed by atoms with van der Waals surface area (Å²) in [7, 11) is 0.621. The predicted octanol–water partition coefficient (Wildman–Crippen LogP) is 0.574. The molecule has 0 bridgehead atoms. The molecule has 0 saturated heterocycles. The van der Waals surface area contributed by atoms with Gasteiger partial charge in [-0.3, -0.25) is 0 Å². The lowest BCUT2D eigenvalue weighted by molar-refractivity contribution is -0.151. The number of hydrogen-bond donors (Lipinski definition) is 1. The molecule has 1 rings (SSSR count). The fourth-order valence-electron chi connectivity index (χ4n) is 1.66. The summed E-state index contributed by atoms with van der Waals surface area (Å²) >= 11 is 0. The third-order valence-corrected chi connectivity index (χ3v) is 4.93. The van der Waals surface area contributed by atoms with E-state index in [0.717, 1.165) is 4.31 Å². The molecule has 112 valence electrons. The molecule has 0 spiro atoms. The van der Waals surface area contributed by atoms with E-state index in [0.29, 0.717) is 5.56 Å². The van der Waals surface area contributed by atoms with Gasteiger partial charge in [0.15, 0.2) is 6.10 Å². The normalized spacial score (nSPS) is 14.9. The first kappa shape index (κ1) is 16.6. The molecule has 1 N–H and O–H groups in total. The van der Waals surface area contributed by atoms with Crippen molar-refractivity contribution in [3.8, 4) is 0 Å². The molecule has 0 aliphatic heterocycles. The van der Waals surface area contributed by atoms with Gasteiger partial charge in [-0.2, -0.15) is 0 Å². The zero-order valence-corrected chi connectivity index (χ0v) is 12.7. The second-order valence-corrected chi connectivity index (χ2v) is 6.76. The lowest BCUT2D eigenvalue weighted by Crippen LogP contribution is -2.27. The largest absolute Gasteiger partial charge is 0.467 e. The molecule has 0 fully saturated rings. The Kier molecular flexibility index (Phi) is 5.27. The summed E-state index contributed by atoms with van der Waals surface area (Å²) in [5.74, 6) is -1.21. The van der Waals surface area contributed by atoms with Gasteiger partial charge in [0.05, 0.1) is 12.0 Å². The van der Waals surface area contributed by atoms with Gasteiger partial charge in [0.1, 0.15) is 0 Å². The molecule has 0 heterocycles. The van der Waals surface area contributed by atoms with Crippen molar-refractivity contribution in [2.45, 2.75) is 23.8 Å². The van der Waals surface area contributed by atoms with Crippen LogP contribution in [0.2, 0.25) is 0 Å². The Morgan fingerprint density at radius 3 is 2.15 bits per heavy atom. The third kappa shape index (κ3) is 3.36. The van der Waals surface area contributed by atoms with Gasteiger partial charge in [-0.15, -0.1) is 0 Å². The van der Waals surface area contributed by atoms with Gasteiger partial charge in [-0.05, 0) is 17.7 Å². The first-order chi connectivity index (χ1) is 9.21. The zero-order valence-electron chi connectivity index (χ0n) is 11.9. The standard InChI is InChI=1S/C13H19NO5S/c1-9(12(15)13(16)19-4)10-5-7-11(8-6-10)20(17,18)14(2)3/h5-9,12,15H,1-4H3. The number of methoxy groups -OCH3 is 1. The summed E-state index contributed by atoms with van der Waals surface area (Å²) in [5.41, 5.74) is 0.653. The van der Waals surface area contributed by atoms with Gasteiger partial charge in [-0.1, -0.05) is 19.1 Å². The Morgan fingerprint density at radius 2 is 1.75 bits per heavy atom. The minimum absolute atomic E-state index is 0.158. The number of rotatable bonds is 5. The summed E-state index contributed by atoms with van der Waals surface area (Å²) in [6.07, 6.45) is -1.28. The van der Waals surface area contributed by atoms with Gasteiger partial charge in [0.2, 0.25) is 10.0 Å². The van der Waals surface area contributed by atoms with Crippen molar-refractivity contribution in [3.05, 3.63) is 29.8 Å². The molecular formula is C13H19NO5S. The molecule has 6 nitrogen and oxygen atoms in total. The van der Waals surface area contributed by atoms with Crippen molar-refractivity contribution in [2.24, 2.45) is 0 Å². The number of benzene rings is 1. The van der Waals surface area contributed by atoms with Crippen LogP contribution in [0.3, 0.4) is 0 Å². The Bertz CT molecular complexity index is 565. The molecule has 0 radical (unpaired) electrons. The average molecular weight is 301 g/mol. The highest BCUT2D eigenvalue weighted by molar-refractivity contribution is 7.89. The summed E-state index contributed by atoms with van der Waals surface area (Å²) < 4.78 is 29.4. The zero-order chi connectivity index (χ0) is 15.5. The van der Waals surface area contributed by atoms with Crippen molar-refractivity contribution in [1.82, 2.24) is 4.31 Å². The van der Waals surface area contributed by atoms with E-state index in [-0.39, 0.29) is 4.90 Å². The molecule has 20 heavy (non-hydrogen) atoms. The smallest absolute Gasteiger partial charge is 0.335 e. The van der Waals surface area contributed by atoms with Crippen LogP contribution < -0.4 is 0 Å². The third-order valence-electron chi connectivity index (χ3n) is 3.10. The predicted molar refractivity (Wildman–Crippen MR) is 73.8 cm³/mol. The lowest BCUT2D eigenvalue weighted by atomic mass is 9.95. The maximum Gasteiger partial charge on any atom is 0.335 e. The second-order valence-electron chi connectivity index (χ2n) is 4.61. The average Bonchev–Trinajstić information content (AvgIpc) is 2.44. The van der Waals surface area contributed by atoms with E-state index in [2.05, 4.69) is 4.74 Å². The van der Waals surface area contributed by atoms with Gasteiger partial charge in [0, 0.05) is 20.0 Å². The minimum Gasteiger partial charge on any atom is -0.467 e. The molecule has 1 aromatic rings. The highest BCUT2D eigenvalue weighted by Gasteiger charge is 2.25. The number of nitrogens with zero attached hydrogens (tertiary/aromatic N) is 1. The number of ether oxygens (including phenoxy) is 1. The van der Waals surface area contributed by atoms with Crippen LogP contribution in [0.1, 0.15) is 18.4 Å². The second kappa shape index (κ2) is 6.34. The molecule has 0 aliphatic carbocycles. The van der Waals surface area contributed by atoms with E-state index < -0.39 is 28.0 Å². The SMILES string of the molecule is COC(=O)C(O)C(C)c1ccc(S(=O)(=O)N(C)C)cc1. The van der Waals surface area contributed by atoms with E-state index >= 15 is 0 Å². The van der Waals surface area contributed by atoms with Crippen LogP contribution in [-0.4, -0.2) is 51.1 Å². The van der Waals surface area contributed by atoms with Gasteiger partial charge >= 0.3 is 5.97 Å². The van der Waals surface area contributed by atoms with Crippen LogP contribution in [-0.2, 0) is 19.6 Å². The molecule has 0 amide bonds. The van der Waals surface area contributed by atoms with E-state index in [1.165, 1.54) is 33.3 Å². The van der Waals surface area contributed by atoms with Crippen LogP contribution in [0.5, 0.6) is 0 Å². The first-order valence-corrected chi connectivity index (χ1v) is 7.44. The first-order valence-electron chi connectivity index (χ1n) is 6.00. The molecule has 0 aromatic heterocycles. The number of hydrogen-bond acceptors (Lipinski definition) is 5. The summed E-state index contributed by atoms with van der Waals surface area (Å²) in [6, 6.07) is 6.05. The number of aliphatic hydroxyl groups excluding tert-OH is 1. The van der Waals surface area contributed by atoms with Crippen LogP contribution in [0, 0.1) is 0 Å². The van der Waals surface area contributed by atoms with Crippen molar-refractivity contribution < 1.29 is 23.1 Å². The van der Waals surface area contributed by atoms with Crippen LogP contribution in [0.4, 0.5) is 0 Å². The number of carbonyl (C=O) groups excluding carboxylic acids is 1. The highest BCUT2D eigenvalue weighted by atomic mass is 32.2. The van der Waals surface area contributed by atoms with Crippen LogP contribution in [0.25, 0.3) is 0 Å². The molecule has 0 aliphatic rings. The number of esters is 1. The summed E-state index contributed by atoms with van der Waals surface area (Å²) in [5, 5.41) is 9.76. The molecule has 7 heteroatoms. The summed E-state index contributed by atoms with van der Waals surface area (Å²) in [6.45, 7) is 1.66. The van der Waals surface area contributed by atoms with Crippen molar-refractivity contribution in [1.29, 1.82) is 0 Å². The van der Waals surface area contributed by atoms with E-state index in [1.54, 1.807) is 19.1 Å². The molecule has 0 saturated carbocycles. The number of sulfonamides is 1. The van der Waals surface area contributed by atoms with Crippen LogP contribution in [0.15, 0.2) is 29.2 Å². The maximum absolute atomic E-state index is 11.9. The van der Waals surface area contributed by atoms with Crippen molar-refractivity contribution in [3.63, 3.8) is 0 Å². The van der Waals surface area contributed by atoms with E-state index in [1.807, 2.05) is 0 Å². The Balaban J connectivity index is 3.00. The van der Waals surface area contributed by atoms with Gasteiger partial charge < -0.3 is 9.84 Å². The lowest BCUT2D eigenvalue weighted by Gasteiger charge is -2.18. The Hall–Kier alpha value is -1.44. The van der Waals surface area contributed by atoms with Crippen molar-refractivity contribution >= 4 is 16.0 Å². The minimum atomic E-state index is -3.48. The molecule has 2 unspecified atom stereocenters. The van der Waals surface area contributed by atoms with Crippen molar-refractivity contribution in [2.75, 3.05) is 21.2 Å². The Labute approximate surface area is 119 Å². The van der Waals surface area contributed by atoms with Crippen LogP contribution >= 0.6 is 0 Å². The fourth-order valence-corrected chi connectivity index (χ4v) is 2.56. The molecular weight excluding hydrogens is 282 g/mol. The quantitative estimate of drug-likeness (QED) is 0.804. The Morgan fingerprint density at radius 1 is 1.25 bits per heavy atom. The monoisotopic (exact) mass is 301 g/mol. The molecule has 2 atom stereocenters. The van der Waals surface area contributed by atoms with Gasteiger partial charge in [0.25, 0.3) is 0 Å². The van der Waals surface area contributed by atoms with E-state index in [9.17, 15) is 18.3 Å². The summed E-state index contributed by atoms with van der Waals surface area (Å²) in [4.78, 5) is 11.4. The maximum atomic E-state index is 11.9. The topological polar surface area (TPSA) is 83.9 Å².